The number of hydrogen-bond acceptors (Lipinski definition) is 7. The molecular formula is C12H10N4O4S. The minimum absolute atomic E-state index is 0.127. The summed E-state index contributed by atoms with van der Waals surface area (Å²) in [6, 6.07) is 8.54. The van der Waals surface area contributed by atoms with Crippen LogP contribution in [0.5, 0.6) is 0 Å². The van der Waals surface area contributed by atoms with Crippen LogP contribution in [0.2, 0.25) is 0 Å². The zero-order valence-electron chi connectivity index (χ0n) is 10.8. The molecule has 0 saturated heterocycles. The van der Waals surface area contributed by atoms with Gasteiger partial charge in [0.05, 0.1) is 0 Å². The predicted octanol–water partition coefficient (Wildman–Crippen LogP) is 1.23. The Labute approximate surface area is 123 Å². The summed E-state index contributed by atoms with van der Waals surface area (Å²) in [6.07, 6.45) is 0. The highest BCUT2D eigenvalue weighted by atomic mass is 32.1. The Morgan fingerprint density at radius 3 is 2.67 bits per heavy atom. The number of aromatic nitrogens is 2. The number of nitrogens with one attached hydrogen (secondary N) is 1. The van der Waals surface area contributed by atoms with Crippen molar-refractivity contribution in [2.75, 3.05) is 12.4 Å². The minimum Gasteiger partial charge on any atom is -0.476 e. The summed E-state index contributed by atoms with van der Waals surface area (Å²) in [4.78, 5) is 31.2. The number of anilines is 1. The zero-order chi connectivity index (χ0) is 15.2. The van der Waals surface area contributed by atoms with Gasteiger partial charge < -0.3 is 9.94 Å². The van der Waals surface area contributed by atoms with Crippen LogP contribution in [0.1, 0.15) is 16.2 Å². The molecule has 0 fully saturated rings. The van der Waals surface area contributed by atoms with Gasteiger partial charge in [0.25, 0.3) is 5.91 Å². The van der Waals surface area contributed by atoms with Crippen LogP contribution in [0.4, 0.5) is 5.13 Å². The van der Waals surface area contributed by atoms with Gasteiger partial charge in [-0.15, -0.1) is 0 Å². The summed E-state index contributed by atoms with van der Waals surface area (Å²) in [5, 5.41) is 15.0. The number of oxime groups is 1. The van der Waals surface area contributed by atoms with Crippen molar-refractivity contribution in [2.45, 2.75) is 0 Å². The van der Waals surface area contributed by atoms with Gasteiger partial charge in [-0.05, 0) is 12.1 Å². The van der Waals surface area contributed by atoms with Crippen LogP contribution in [0.15, 0.2) is 35.5 Å². The number of carbonyl (C=O) groups is 2. The van der Waals surface area contributed by atoms with Crippen molar-refractivity contribution in [1.29, 1.82) is 0 Å². The third-order valence-electron chi connectivity index (χ3n) is 2.28. The molecule has 0 radical (unpaired) electrons. The monoisotopic (exact) mass is 306 g/mol. The normalized spacial score (nSPS) is 11.0. The van der Waals surface area contributed by atoms with Crippen molar-refractivity contribution < 1.29 is 19.5 Å². The first-order valence-electron chi connectivity index (χ1n) is 5.66. The van der Waals surface area contributed by atoms with Gasteiger partial charge in [0.1, 0.15) is 7.11 Å². The molecule has 2 rings (SSSR count). The molecule has 0 saturated carbocycles. The van der Waals surface area contributed by atoms with E-state index >= 15 is 0 Å². The smallest absolute Gasteiger partial charge is 0.362 e. The average Bonchev–Trinajstić information content (AvgIpc) is 2.93. The van der Waals surface area contributed by atoms with E-state index in [2.05, 4.69) is 24.7 Å². The second-order valence-corrected chi connectivity index (χ2v) is 4.42. The third-order valence-corrected chi connectivity index (χ3v) is 2.91. The molecule has 0 aliphatic rings. The van der Waals surface area contributed by atoms with Crippen molar-refractivity contribution in [3.8, 4) is 0 Å². The molecule has 0 aliphatic heterocycles. The summed E-state index contributed by atoms with van der Waals surface area (Å²) in [6.45, 7) is 0. The van der Waals surface area contributed by atoms with Crippen LogP contribution in [-0.2, 0) is 9.63 Å². The topological polar surface area (TPSA) is 114 Å². The number of hydrogen-bond donors (Lipinski definition) is 2. The fourth-order valence-electron chi connectivity index (χ4n) is 1.40. The zero-order valence-corrected chi connectivity index (χ0v) is 11.6. The Balaban J connectivity index is 2.15. The van der Waals surface area contributed by atoms with Gasteiger partial charge in [0.2, 0.25) is 16.7 Å². The van der Waals surface area contributed by atoms with Crippen LogP contribution < -0.4 is 5.32 Å². The van der Waals surface area contributed by atoms with E-state index in [0.29, 0.717) is 5.56 Å². The number of carboxylic acid groups (broad SMARTS) is 1. The number of carbonyl (C=O) groups excluding carboxylic acids is 1. The number of benzene rings is 1. The molecule has 108 valence electrons. The van der Waals surface area contributed by atoms with Crippen molar-refractivity contribution in [1.82, 2.24) is 9.36 Å². The number of nitrogens with zero attached hydrogens (tertiary/aromatic N) is 3. The van der Waals surface area contributed by atoms with Crippen LogP contribution in [0.25, 0.3) is 0 Å². The van der Waals surface area contributed by atoms with E-state index in [9.17, 15) is 9.59 Å². The Bertz CT molecular complexity index is 684. The lowest BCUT2D eigenvalue weighted by Crippen LogP contribution is -2.17. The second-order valence-electron chi connectivity index (χ2n) is 3.67. The van der Waals surface area contributed by atoms with E-state index in [0.717, 1.165) is 11.5 Å². The molecule has 8 nitrogen and oxygen atoms in total. The molecular weight excluding hydrogens is 296 g/mol. The first kappa shape index (κ1) is 14.6. The Kier molecular flexibility index (Phi) is 4.57. The first-order chi connectivity index (χ1) is 10.1. The lowest BCUT2D eigenvalue weighted by molar-refractivity contribution is -0.129. The fourth-order valence-corrected chi connectivity index (χ4v) is 1.96. The van der Waals surface area contributed by atoms with E-state index in [1.165, 1.54) is 7.11 Å². The Hall–Kier alpha value is -2.81. The van der Waals surface area contributed by atoms with Gasteiger partial charge in [-0.2, -0.15) is 9.36 Å². The lowest BCUT2D eigenvalue weighted by atomic mass is 10.2. The maximum Gasteiger partial charge on any atom is 0.362 e. The molecule has 2 aromatic rings. The summed E-state index contributed by atoms with van der Waals surface area (Å²) >= 11 is 0.851. The van der Waals surface area contributed by atoms with E-state index in [1.807, 2.05) is 0 Å². The average molecular weight is 306 g/mol. The highest BCUT2D eigenvalue weighted by Crippen LogP contribution is 2.13. The largest absolute Gasteiger partial charge is 0.476 e. The van der Waals surface area contributed by atoms with E-state index < -0.39 is 11.7 Å². The van der Waals surface area contributed by atoms with Gasteiger partial charge >= 0.3 is 5.97 Å². The predicted molar refractivity (Wildman–Crippen MR) is 75.5 cm³/mol. The molecule has 1 aromatic carbocycles. The summed E-state index contributed by atoms with van der Waals surface area (Å²) < 4.78 is 3.83. The van der Waals surface area contributed by atoms with Crippen LogP contribution in [-0.4, -0.2) is 39.2 Å². The highest BCUT2D eigenvalue weighted by molar-refractivity contribution is 7.10. The maximum absolute atomic E-state index is 11.9. The van der Waals surface area contributed by atoms with Crippen LogP contribution in [0.3, 0.4) is 0 Å². The van der Waals surface area contributed by atoms with Gasteiger partial charge in [0.15, 0.2) is 0 Å². The van der Waals surface area contributed by atoms with Crippen molar-refractivity contribution in [2.24, 2.45) is 5.16 Å². The molecule has 21 heavy (non-hydrogen) atoms. The molecule has 1 heterocycles. The lowest BCUT2D eigenvalue weighted by Gasteiger charge is -1.99. The fraction of sp³-hybridized carbons (Fsp3) is 0.0833. The standard InChI is InChI=1S/C12H10N4O4S/c1-20-15-8(11(18)19)9-13-12(21-16-9)14-10(17)7-5-3-2-4-6-7/h2-6H,1H3,(H,18,19)(H,13,14,16,17)/b15-8+. The molecule has 0 unspecified atom stereocenters. The van der Waals surface area contributed by atoms with Crippen molar-refractivity contribution in [3.63, 3.8) is 0 Å². The first-order valence-corrected chi connectivity index (χ1v) is 6.44. The molecule has 1 aromatic heterocycles. The van der Waals surface area contributed by atoms with E-state index in [-0.39, 0.29) is 16.9 Å². The molecule has 2 N–H and O–H groups in total. The maximum atomic E-state index is 11.9. The number of carboxylic acids is 1. The number of rotatable bonds is 5. The van der Waals surface area contributed by atoms with Gasteiger partial charge in [-0.1, -0.05) is 23.4 Å². The molecule has 0 bridgehead atoms. The third kappa shape index (κ3) is 3.60. The SMILES string of the molecule is CO/N=C(/C(=O)O)c1nsc(NC(=O)c2ccccc2)n1. The molecule has 0 spiro atoms. The molecule has 1 amide bonds. The number of aliphatic carboxylic acids is 1. The Morgan fingerprint density at radius 1 is 1.33 bits per heavy atom. The summed E-state index contributed by atoms with van der Waals surface area (Å²) in [5.41, 5.74) is 0.0206. The summed E-state index contributed by atoms with van der Waals surface area (Å²) in [5.74, 6) is -1.81. The van der Waals surface area contributed by atoms with Gasteiger partial charge in [-0.25, -0.2) is 4.79 Å². The molecule has 0 atom stereocenters. The highest BCUT2D eigenvalue weighted by Gasteiger charge is 2.20. The molecule has 9 heteroatoms. The van der Waals surface area contributed by atoms with Gasteiger partial charge in [-0.3, -0.25) is 10.1 Å². The molecule has 0 aliphatic carbocycles. The summed E-state index contributed by atoms with van der Waals surface area (Å²) in [7, 11) is 1.22. The van der Waals surface area contributed by atoms with Crippen molar-refractivity contribution in [3.05, 3.63) is 41.7 Å². The second kappa shape index (κ2) is 6.57. The van der Waals surface area contributed by atoms with Crippen LogP contribution >= 0.6 is 11.5 Å². The minimum atomic E-state index is -1.32. The van der Waals surface area contributed by atoms with E-state index in [4.69, 9.17) is 5.11 Å². The van der Waals surface area contributed by atoms with Crippen LogP contribution in [0, 0.1) is 0 Å². The number of amides is 1. The van der Waals surface area contributed by atoms with Gasteiger partial charge in [0, 0.05) is 17.1 Å². The van der Waals surface area contributed by atoms with Crippen molar-refractivity contribution >= 4 is 34.3 Å². The Morgan fingerprint density at radius 2 is 2.05 bits per heavy atom. The van der Waals surface area contributed by atoms with E-state index in [1.54, 1.807) is 30.3 Å². The quantitative estimate of drug-likeness (QED) is 0.634.